The molecule has 8 heteroatoms. The zero-order valence-corrected chi connectivity index (χ0v) is 14.3. The molecule has 0 aliphatic carbocycles. The predicted molar refractivity (Wildman–Crippen MR) is 88.1 cm³/mol. The van der Waals surface area contributed by atoms with Crippen LogP contribution in [0.15, 0.2) is 18.5 Å². The van der Waals surface area contributed by atoms with Gasteiger partial charge in [0.1, 0.15) is 6.61 Å². The minimum atomic E-state index is -1.07. The van der Waals surface area contributed by atoms with Crippen LogP contribution in [-0.4, -0.2) is 70.7 Å². The Morgan fingerprint density at radius 3 is 2.72 bits per heavy atom. The fraction of sp³-hybridized carbons (Fsp3) is 0.706. The molecule has 1 aromatic heterocycles. The highest BCUT2D eigenvalue weighted by Gasteiger charge is 2.44. The van der Waals surface area contributed by atoms with E-state index in [-0.39, 0.29) is 18.6 Å². The number of aliphatic carboxylic acids is 1. The molecule has 0 bridgehead atoms. The largest absolute Gasteiger partial charge is 0.479 e. The molecule has 1 unspecified atom stereocenters. The maximum Gasteiger partial charge on any atom is 0.331 e. The Kier molecular flexibility index (Phi) is 5.70. The smallest absolute Gasteiger partial charge is 0.331 e. The molecule has 1 N–H and O–H groups in total. The molecule has 25 heavy (non-hydrogen) atoms. The zero-order valence-electron chi connectivity index (χ0n) is 14.3. The van der Waals surface area contributed by atoms with Crippen LogP contribution in [-0.2, 0) is 24.6 Å². The van der Waals surface area contributed by atoms with Crippen LogP contribution in [0.5, 0.6) is 0 Å². The first-order chi connectivity index (χ1) is 12.1. The van der Waals surface area contributed by atoms with Gasteiger partial charge in [0.05, 0.1) is 12.7 Å². The lowest BCUT2D eigenvalue weighted by Crippen LogP contribution is -2.53. The van der Waals surface area contributed by atoms with Crippen molar-refractivity contribution in [3.8, 4) is 0 Å². The molecule has 3 rings (SSSR count). The second-order valence-electron chi connectivity index (χ2n) is 6.67. The molecule has 1 atom stereocenters. The molecule has 2 aliphatic heterocycles. The Bertz CT molecular complexity index is 575. The van der Waals surface area contributed by atoms with Crippen molar-refractivity contribution >= 4 is 11.9 Å². The van der Waals surface area contributed by atoms with Crippen molar-refractivity contribution in [2.45, 2.75) is 43.7 Å². The monoisotopic (exact) mass is 351 g/mol. The molecule has 2 aliphatic rings. The fourth-order valence-electron chi connectivity index (χ4n) is 3.50. The maximum absolute atomic E-state index is 12.3. The quantitative estimate of drug-likeness (QED) is 0.817. The number of carboxylic acid groups (broad SMARTS) is 1. The summed E-state index contributed by atoms with van der Waals surface area (Å²) in [5, 5.41) is 13.8. The van der Waals surface area contributed by atoms with E-state index in [4.69, 9.17) is 9.47 Å². The van der Waals surface area contributed by atoms with Crippen molar-refractivity contribution in [1.29, 1.82) is 0 Å². The molecule has 0 radical (unpaired) electrons. The first-order valence-electron chi connectivity index (χ1n) is 8.82. The second-order valence-corrected chi connectivity index (χ2v) is 6.67. The van der Waals surface area contributed by atoms with E-state index in [9.17, 15) is 14.7 Å². The highest BCUT2D eigenvalue weighted by molar-refractivity contribution is 5.79. The molecule has 0 saturated carbocycles. The fourth-order valence-corrected chi connectivity index (χ4v) is 3.50. The van der Waals surface area contributed by atoms with Gasteiger partial charge < -0.3 is 19.5 Å². The van der Waals surface area contributed by atoms with Crippen LogP contribution < -0.4 is 0 Å². The third-order valence-corrected chi connectivity index (χ3v) is 5.09. The summed E-state index contributed by atoms with van der Waals surface area (Å²) < 4.78 is 12.6. The van der Waals surface area contributed by atoms with Gasteiger partial charge in [0, 0.05) is 44.9 Å². The number of aromatic nitrogens is 2. The summed E-state index contributed by atoms with van der Waals surface area (Å²) in [6, 6.07) is 1.71. The van der Waals surface area contributed by atoms with Gasteiger partial charge in [-0.05, 0) is 25.3 Å². The minimum absolute atomic E-state index is 0.0156. The van der Waals surface area contributed by atoms with Crippen molar-refractivity contribution in [2.75, 3.05) is 32.9 Å². The van der Waals surface area contributed by atoms with Crippen molar-refractivity contribution in [3.63, 3.8) is 0 Å². The molecule has 0 aromatic carbocycles. The number of nitrogens with zero attached hydrogens (tertiary/aromatic N) is 3. The third-order valence-electron chi connectivity index (χ3n) is 5.09. The van der Waals surface area contributed by atoms with Gasteiger partial charge in [-0.15, -0.1) is 0 Å². The van der Waals surface area contributed by atoms with E-state index in [1.807, 2.05) is 0 Å². The summed E-state index contributed by atoms with van der Waals surface area (Å²) in [5.41, 5.74) is -1.07. The molecule has 1 amide bonds. The summed E-state index contributed by atoms with van der Waals surface area (Å²) in [6.07, 6.45) is 7.19. The number of carbonyl (C=O) groups is 2. The van der Waals surface area contributed by atoms with Gasteiger partial charge >= 0.3 is 5.97 Å². The van der Waals surface area contributed by atoms with Crippen LogP contribution in [0.25, 0.3) is 0 Å². The first kappa shape index (κ1) is 17.9. The number of hydrogen-bond donors (Lipinski definition) is 1. The lowest BCUT2D eigenvalue weighted by Gasteiger charge is -2.38. The van der Waals surface area contributed by atoms with Gasteiger partial charge in [-0.2, -0.15) is 5.10 Å². The van der Waals surface area contributed by atoms with Crippen molar-refractivity contribution in [3.05, 3.63) is 18.5 Å². The molecule has 138 valence electrons. The SMILES string of the molecule is O=C(COCC1CCCCO1)N1CCC(C(=O)O)(n2cccn2)CC1. The van der Waals surface area contributed by atoms with Crippen molar-refractivity contribution in [1.82, 2.24) is 14.7 Å². The second kappa shape index (κ2) is 7.97. The van der Waals surface area contributed by atoms with Gasteiger partial charge in [-0.3, -0.25) is 9.48 Å². The summed E-state index contributed by atoms with van der Waals surface area (Å²) in [5.74, 6) is -1.01. The minimum Gasteiger partial charge on any atom is -0.479 e. The number of amides is 1. The van der Waals surface area contributed by atoms with E-state index in [1.54, 1.807) is 23.4 Å². The Balaban J connectivity index is 1.47. The molecule has 0 spiro atoms. The van der Waals surface area contributed by atoms with E-state index in [2.05, 4.69) is 5.10 Å². The normalized spacial score (nSPS) is 23.4. The van der Waals surface area contributed by atoms with Gasteiger partial charge in [-0.1, -0.05) is 0 Å². The molecule has 1 aromatic rings. The lowest BCUT2D eigenvalue weighted by molar-refractivity contribution is -0.154. The van der Waals surface area contributed by atoms with E-state index < -0.39 is 11.5 Å². The Labute approximate surface area is 146 Å². The predicted octanol–water partition coefficient (Wildman–Crippen LogP) is 0.871. The zero-order chi connectivity index (χ0) is 17.7. The highest BCUT2D eigenvalue weighted by Crippen LogP contribution is 2.30. The number of hydrogen-bond acceptors (Lipinski definition) is 5. The molecular weight excluding hydrogens is 326 g/mol. The van der Waals surface area contributed by atoms with Crippen LogP contribution in [0.1, 0.15) is 32.1 Å². The van der Waals surface area contributed by atoms with E-state index in [0.717, 1.165) is 25.9 Å². The lowest BCUT2D eigenvalue weighted by atomic mass is 9.87. The summed E-state index contributed by atoms with van der Waals surface area (Å²) in [4.78, 5) is 25.8. The van der Waals surface area contributed by atoms with Crippen molar-refractivity contribution < 1.29 is 24.2 Å². The molecular formula is C17H25N3O5. The highest BCUT2D eigenvalue weighted by atomic mass is 16.5. The van der Waals surface area contributed by atoms with Crippen LogP contribution >= 0.6 is 0 Å². The molecule has 2 saturated heterocycles. The maximum atomic E-state index is 12.3. The topological polar surface area (TPSA) is 93.9 Å². The number of ether oxygens (including phenoxy) is 2. The molecule has 8 nitrogen and oxygen atoms in total. The van der Waals surface area contributed by atoms with Crippen LogP contribution in [0.2, 0.25) is 0 Å². The average Bonchev–Trinajstić information content (AvgIpc) is 3.17. The van der Waals surface area contributed by atoms with E-state index in [1.165, 1.54) is 4.68 Å². The summed E-state index contributed by atoms with van der Waals surface area (Å²) in [6.45, 7) is 1.98. The van der Waals surface area contributed by atoms with Gasteiger partial charge in [0.2, 0.25) is 5.91 Å². The molecule has 2 fully saturated rings. The Hall–Kier alpha value is -1.93. The first-order valence-corrected chi connectivity index (χ1v) is 8.82. The van der Waals surface area contributed by atoms with Crippen molar-refractivity contribution in [2.24, 2.45) is 0 Å². The number of carbonyl (C=O) groups excluding carboxylic acids is 1. The van der Waals surface area contributed by atoms with Crippen LogP contribution in [0.3, 0.4) is 0 Å². The summed E-state index contributed by atoms with van der Waals surface area (Å²) >= 11 is 0. The number of piperidine rings is 1. The Morgan fingerprint density at radius 2 is 2.12 bits per heavy atom. The van der Waals surface area contributed by atoms with E-state index in [0.29, 0.717) is 32.5 Å². The van der Waals surface area contributed by atoms with Crippen LogP contribution in [0, 0.1) is 0 Å². The number of carboxylic acids is 1. The standard InChI is InChI=1S/C17H25N3O5/c21-15(13-24-12-14-4-1-2-11-25-14)19-9-5-17(6-10-19,16(22)23)20-8-3-7-18-20/h3,7-8,14H,1-2,4-6,9-13H2,(H,22,23). The van der Waals surface area contributed by atoms with Gasteiger partial charge in [0.15, 0.2) is 5.54 Å². The molecule has 3 heterocycles. The number of likely N-dealkylation sites (tertiary alicyclic amines) is 1. The number of rotatable bonds is 6. The van der Waals surface area contributed by atoms with Gasteiger partial charge in [-0.25, -0.2) is 4.79 Å². The van der Waals surface area contributed by atoms with E-state index >= 15 is 0 Å². The average molecular weight is 351 g/mol. The van der Waals surface area contributed by atoms with Crippen LogP contribution in [0.4, 0.5) is 0 Å². The summed E-state index contributed by atoms with van der Waals surface area (Å²) in [7, 11) is 0. The Morgan fingerprint density at radius 1 is 1.32 bits per heavy atom. The van der Waals surface area contributed by atoms with Gasteiger partial charge in [0.25, 0.3) is 0 Å². The third kappa shape index (κ3) is 4.01.